The number of nitrogens with zero attached hydrogens (tertiary/aromatic N) is 2. The first-order chi connectivity index (χ1) is 26.4. The average molecular weight is 730 g/mol. The molecule has 54 heavy (non-hydrogen) atoms. The van der Waals surface area contributed by atoms with Gasteiger partial charge in [-0.05, 0) is 110 Å². The summed E-state index contributed by atoms with van der Waals surface area (Å²) < 4.78 is 12.0. The van der Waals surface area contributed by atoms with E-state index in [2.05, 4.69) is 51.2 Å². The number of hydrogen-bond acceptors (Lipinski definition) is 9. The Hall–Kier alpha value is -5.23. The molecular weight excluding hydrogens is 683 g/mol. The average Bonchev–Trinajstić information content (AvgIpc) is 3.60. The zero-order chi connectivity index (χ0) is 37.0. The largest absolute Gasteiger partial charge is 0.506 e. The van der Waals surface area contributed by atoms with E-state index < -0.39 is 6.10 Å². The smallest absolute Gasteiger partial charge is 0.411 e. The number of phenolic OH excluding ortho intramolecular Hbond substituents is 1. The fraction of sp³-hybridized carbons (Fsp3) is 0.372. The van der Waals surface area contributed by atoms with Crippen molar-refractivity contribution in [3.8, 4) is 16.9 Å². The van der Waals surface area contributed by atoms with Gasteiger partial charge in [-0.1, -0.05) is 54.6 Å². The molecule has 4 aromatic carbocycles. The van der Waals surface area contributed by atoms with Gasteiger partial charge in [0.1, 0.15) is 17.4 Å². The van der Waals surface area contributed by atoms with Gasteiger partial charge in [0.05, 0.1) is 17.5 Å². The van der Waals surface area contributed by atoms with E-state index in [9.17, 15) is 19.8 Å². The third-order valence-electron chi connectivity index (χ3n) is 11.1. The van der Waals surface area contributed by atoms with Crippen molar-refractivity contribution in [3.63, 3.8) is 0 Å². The van der Waals surface area contributed by atoms with Crippen molar-refractivity contribution in [1.29, 1.82) is 0 Å². The number of unbranched alkanes of at least 4 members (excludes halogenated alkanes) is 1. The van der Waals surface area contributed by atoms with Crippen LogP contribution in [0, 0.1) is 5.92 Å². The second-order valence-corrected chi connectivity index (χ2v) is 14.8. The fourth-order valence-corrected chi connectivity index (χ4v) is 8.16. The molecule has 4 aliphatic rings. The van der Waals surface area contributed by atoms with E-state index in [1.54, 1.807) is 6.07 Å². The van der Waals surface area contributed by atoms with Crippen LogP contribution < -0.4 is 16.0 Å². The number of aryl methyl sites for hydroxylation is 2. The van der Waals surface area contributed by atoms with Gasteiger partial charge < -0.3 is 30.0 Å². The molecule has 0 radical (unpaired) electrons. The number of piperidine rings is 3. The second kappa shape index (κ2) is 16.0. The molecule has 2 bridgehead atoms. The molecule has 5 aromatic rings. The van der Waals surface area contributed by atoms with Crippen molar-refractivity contribution in [2.24, 2.45) is 5.92 Å². The highest BCUT2D eigenvalue weighted by Gasteiger charge is 2.36. The number of carbonyl (C=O) groups is 2. The Bertz CT molecular complexity index is 2130. The number of ether oxygens (including phenoxy) is 1. The normalized spacial score (nSPS) is 19.6. The van der Waals surface area contributed by atoms with Gasteiger partial charge in [0.2, 0.25) is 5.91 Å². The van der Waals surface area contributed by atoms with Crippen LogP contribution in [-0.4, -0.2) is 64.4 Å². The number of aliphatic hydroxyl groups is 1. The summed E-state index contributed by atoms with van der Waals surface area (Å²) in [5.41, 5.74) is 8.34. The first-order valence-electron chi connectivity index (χ1n) is 19.2. The highest BCUT2D eigenvalue weighted by molar-refractivity contribution is 5.96. The minimum Gasteiger partial charge on any atom is -0.506 e. The predicted octanol–water partition coefficient (Wildman–Crippen LogP) is 7.12. The van der Waals surface area contributed by atoms with E-state index in [1.165, 1.54) is 6.07 Å². The maximum atomic E-state index is 13.2. The molecule has 11 heteroatoms. The highest BCUT2D eigenvalue weighted by atomic mass is 16.6. The van der Waals surface area contributed by atoms with Crippen LogP contribution in [0.3, 0.4) is 0 Å². The van der Waals surface area contributed by atoms with Gasteiger partial charge in [-0.2, -0.15) is 0 Å². The summed E-state index contributed by atoms with van der Waals surface area (Å²) in [4.78, 5) is 32.1. The molecule has 2 amide bonds. The zero-order valence-electron chi connectivity index (χ0n) is 30.4. The van der Waals surface area contributed by atoms with Crippen molar-refractivity contribution in [2.45, 2.75) is 70.1 Å². The lowest BCUT2D eigenvalue weighted by molar-refractivity contribution is -0.116. The van der Waals surface area contributed by atoms with Crippen LogP contribution in [0.1, 0.15) is 66.4 Å². The Labute approximate surface area is 314 Å². The Kier molecular flexibility index (Phi) is 10.6. The molecule has 1 unspecified atom stereocenters. The number of fused-ring (bicyclic) bond motifs is 5. The Morgan fingerprint density at radius 1 is 0.981 bits per heavy atom. The lowest BCUT2D eigenvalue weighted by Gasteiger charge is -2.43. The van der Waals surface area contributed by atoms with Crippen molar-refractivity contribution in [1.82, 2.24) is 15.2 Å². The van der Waals surface area contributed by atoms with Gasteiger partial charge >= 0.3 is 6.09 Å². The van der Waals surface area contributed by atoms with E-state index in [4.69, 9.17) is 14.1 Å². The lowest BCUT2D eigenvalue weighted by Crippen LogP contribution is -2.52. The second-order valence-electron chi connectivity index (χ2n) is 14.8. The number of oxazole rings is 1. The number of aliphatic hydroxyl groups excluding tert-OH is 1. The topological polar surface area (TPSA) is 149 Å². The summed E-state index contributed by atoms with van der Waals surface area (Å²) in [7, 11) is 0. The summed E-state index contributed by atoms with van der Waals surface area (Å²) in [6, 6.07) is 25.6. The summed E-state index contributed by atoms with van der Waals surface area (Å²) in [6.45, 7) is 3.86. The van der Waals surface area contributed by atoms with Crippen LogP contribution in [-0.2, 0) is 35.3 Å². The molecular formula is C43H47N5O6. The van der Waals surface area contributed by atoms with Gasteiger partial charge in [0.15, 0.2) is 11.5 Å². The molecule has 5 heterocycles. The van der Waals surface area contributed by atoms with Crippen molar-refractivity contribution >= 4 is 34.5 Å². The molecule has 3 fully saturated rings. The summed E-state index contributed by atoms with van der Waals surface area (Å²) in [5.74, 6) is 1.02. The summed E-state index contributed by atoms with van der Waals surface area (Å²) in [5, 5.41) is 30.3. The van der Waals surface area contributed by atoms with Crippen LogP contribution in [0.15, 0.2) is 83.3 Å². The molecule has 0 saturated carbocycles. The van der Waals surface area contributed by atoms with Gasteiger partial charge in [0.25, 0.3) is 0 Å². The van der Waals surface area contributed by atoms with E-state index >= 15 is 0 Å². The molecule has 9 rings (SSSR count). The number of nitrogens with one attached hydrogen (secondary N) is 3. The predicted molar refractivity (Wildman–Crippen MR) is 207 cm³/mol. The third-order valence-corrected chi connectivity index (χ3v) is 11.1. The van der Waals surface area contributed by atoms with E-state index in [0.29, 0.717) is 55.4 Å². The minimum absolute atomic E-state index is 0.0114. The van der Waals surface area contributed by atoms with E-state index in [-0.39, 0.29) is 23.9 Å². The number of aromatic nitrogens is 1. The molecule has 2 atom stereocenters. The number of anilines is 2. The molecule has 4 aliphatic heterocycles. The minimum atomic E-state index is -0.794. The van der Waals surface area contributed by atoms with Crippen molar-refractivity contribution in [3.05, 3.63) is 107 Å². The van der Waals surface area contributed by atoms with Crippen LogP contribution in [0.2, 0.25) is 0 Å². The third kappa shape index (κ3) is 8.13. The summed E-state index contributed by atoms with van der Waals surface area (Å²) in [6.07, 6.45) is 5.14. The number of hydrogen-bond donors (Lipinski definition) is 5. The quantitative estimate of drug-likeness (QED) is 0.0631. The number of aromatic hydroxyl groups is 1. The van der Waals surface area contributed by atoms with Crippen molar-refractivity contribution in [2.75, 3.05) is 36.8 Å². The van der Waals surface area contributed by atoms with Crippen LogP contribution in [0.25, 0.3) is 22.2 Å². The van der Waals surface area contributed by atoms with Gasteiger partial charge in [-0.3, -0.25) is 15.0 Å². The molecule has 5 N–H and O–H groups in total. The van der Waals surface area contributed by atoms with Crippen molar-refractivity contribution < 1.29 is 29.0 Å². The maximum absolute atomic E-state index is 13.2. The monoisotopic (exact) mass is 729 g/mol. The fourth-order valence-electron chi connectivity index (χ4n) is 8.16. The molecule has 3 saturated heterocycles. The maximum Gasteiger partial charge on any atom is 0.411 e. The Morgan fingerprint density at radius 2 is 1.80 bits per heavy atom. The molecule has 1 aromatic heterocycles. The number of amides is 2. The van der Waals surface area contributed by atoms with Gasteiger partial charge in [-0.25, -0.2) is 9.78 Å². The molecule has 280 valence electrons. The molecule has 0 aliphatic carbocycles. The first kappa shape index (κ1) is 35.8. The summed E-state index contributed by atoms with van der Waals surface area (Å²) >= 11 is 0. The van der Waals surface area contributed by atoms with Crippen LogP contribution in [0.5, 0.6) is 5.75 Å². The zero-order valence-corrected chi connectivity index (χ0v) is 30.4. The Morgan fingerprint density at radius 3 is 2.61 bits per heavy atom. The number of carbonyl (C=O) groups excluding carboxylic acids is 2. The van der Waals surface area contributed by atoms with Crippen LogP contribution in [0.4, 0.5) is 16.2 Å². The SMILES string of the molecule is O=C1CCc2c(C(O)CNCc3ccc4oc(CCCCc5ccc(-c6ccccc6)c(NC(=O)O[C@H]6CN7CCC6CC7)c5)nc4c3)ccc(O)c2N1. The van der Waals surface area contributed by atoms with Gasteiger partial charge in [0, 0.05) is 38.0 Å². The number of rotatable bonds is 13. The Balaban J connectivity index is 0.842. The van der Waals surface area contributed by atoms with E-state index in [0.717, 1.165) is 96.3 Å². The van der Waals surface area contributed by atoms with Gasteiger partial charge in [-0.15, -0.1) is 0 Å². The molecule has 11 nitrogen and oxygen atoms in total. The number of benzene rings is 4. The lowest BCUT2D eigenvalue weighted by atomic mass is 9.86. The molecule has 0 spiro atoms. The van der Waals surface area contributed by atoms with E-state index in [1.807, 2.05) is 36.4 Å². The standard InChI is InChI=1S/C43H47N5O6/c49-36-15-13-32(33-14-17-40(51)47-42(33)36)37(50)25-44-24-28-11-16-38-35(23-28)45-41(53-38)9-5-4-6-27-10-12-31(29-7-2-1-3-8-29)34(22-27)46-43(52)54-39-26-48-20-18-30(39)19-21-48/h1-3,7-8,10-13,15-16,22-23,30,37,39,44,49-50H,4-6,9,14,17-21,24-26H2,(H,46,52)(H,47,51)/t37?,39-/m0/s1. The van der Waals surface area contributed by atoms with Crippen LogP contribution >= 0.6 is 0 Å². The first-order valence-corrected chi connectivity index (χ1v) is 19.2. The number of phenols is 1. The highest BCUT2D eigenvalue weighted by Crippen LogP contribution is 2.37.